The molecule has 0 unspecified atom stereocenters. The van der Waals surface area contributed by atoms with Gasteiger partial charge in [0, 0.05) is 27.5 Å². The minimum Gasteiger partial charge on any atom is -0.456 e. The van der Waals surface area contributed by atoms with Gasteiger partial charge in [0.25, 0.3) is 0 Å². The fraction of sp³-hybridized carbons (Fsp3) is 0. The molecule has 2 nitrogen and oxygen atoms in total. The Morgan fingerprint density at radius 1 is 0.354 bits per heavy atom. The van der Waals surface area contributed by atoms with Crippen molar-refractivity contribution in [3.05, 3.63) is 176 Å². The molecule has 0 saturated heterocycles. The molecule has 0 N–H and O–H groups in total. The van der Waals surface area contributed by atoms with E-state index >= 15 is 0 Å². The van der Waals surface area contributed by atoms with Crippen LogP contribution in [0.25, 0.3) is 76.2 Å². The summed E-state index contributed by atoms with van der Waals surface area (Å²) in [4.78, 5) is 2.42. The third-order valence-electron chi connectivity index (χ3n) is 9.81. The first-order valence-electron chi connectivity index (χ1n) is 16.4. The van der Waals surface area contributed by atoms with Crippen molar-refractivity contribution in [2.75, 3.05) is 4.90 Å². The van der Waals surface area contributed by atoms with Crippen molar-refractivity contribution >= 4 is 82.1 Å². The van der Waals surface area contributed by atoms with Crippen molar-refractivity contribution in [3.8, 4) is 11.1 Å². The van der Waals surface area contributed by atoms with Gasteiger partial charge in [-0.2, -0.15) is 0 Å². The summed E-state index contributed by atoms with van der Waals surface area (Å²) in [5, 5.41) is 12.2. The van der Waals surface area contributed by atoms with Gasteiger partial charge in [0.15, 0.2) is 0 Å². The smallest absolute Gasteiger partial charge is 0.136 e. The van der Waals surface area contributed by atoms with E-state index in [1.54, 1.807) is 0 Å². The SMILES string of the molecule is c1ccc2c(c1)ccc1ccc(N(c3ccc(-c4cccc5oc6ccccc6c45)cc3)c3cc4ccccc4c4ccccc34)cc12. The van der Waals surface area contributed by atoms with Crippen molar-refractivity contribution in [1.29, 1.82) is 0 Å². The standard InChI is InChI=1S/C46H29NO/c1-3-12-36-30(10-1)20-21-32-24-27-35(29-42(32)36)47(43-28-33-11-2-4-13-37(33)39-14-5-6-15-40(39)43)34-25-22-31(23-26-34)38-17-9-19-45-46(38)41-16-7-8-18-44(41)48-45/h1-29H. The maximum absolute atomic E-state index is 6.23. The van der Waals surface area contributed by atoms with Gasteiger partial charge < -0.3 is 9.32 Å². The van der Waals surface area contributed by atoms with Gasteiger partial charge in [-0.15, -0.1) is 0 Å². The van der Waals surface area contributed by atoms with Crippen LogP contribution in [0.2, 0.25) is 0 Å². The second kappa shape index (κ2) is 10.6. The summed E-state index contributed by atoms with van der Waals surface area (Å²) in [6, 6.07) is 63.4. The van der Waals surface area contributed by atoms with Crippen LogP contribution in [0.3, 0.4) is 0 Å². The Morgan fingerprint density at radius 2 is 0.938 bits per heavy atom. The molecule has 10 aromatic rings. The van der Waals surface area contributed by atoms with Crippen LogP contribution in [0.5, 0.6) is 0 Å². The molecule has 224 valence electrons. The predicted molar refractivity (Wildman–Crippen MR) is 204 cm³/mol. The second-order valence-electron chi connectivity index (χ2n) is 12.5. The summed E-state index contributed by atoms with van der Waals surface area (Å²) in [7, 11) is 0. The molecule has 10 rings (SSSR count). The monoisotopic (exact) mass is 611 g/mol. The number of hydrogen-bond donors (Lipinski definition) is 0. The molecule has 0 fully saturated rings. The highest BCUT2D eigenvalue weighted by molar-refractivity contribution is 6.16. The molecular formula is C46H29NO. The van der Waals surface area contributed by atoms with Crippen molar-refractivity contribution in [2.24, 2.45) is 0 Å². The fourth-order valence-corrected chi connectivity index (χ4v) is 7.58. The molecule has 0 radical (unpaired) electrons. The first-order valence-corrected chi connectivity index (χ1v) is 16.4. The van der Waals surface area contributed by atoms with Crippen LogP contribution in [-0.2, 0) is 0 Å². The van der Waals surface area contributed by atoms with E-state index in [0.29, 0.717) is 0 Å². The minimum absolute atomic E-state index is 0.908. The number of para-hydroxylation sites is 1. The van der Waals surface area contributed by atoms with Gasteiger partial charge in [-0.25, -0.2) is 0 Å². The van der Waals surface area contributed by atoms with E-state index in [-0.39, 0.29) is 0 Å². The van der Waals surface area contributed by atoms with Crippen molar-refractivity contribution in [1.82, 2.24) is 0 Å². The van der Waals surface area contributed by atoms with E-state index in [1.165, 1.54) is 48.7 Å². The number of benzene rings is 9. The highest BCUT2D eigenvalue weighted by atomic mass is 16.3. The number of nitrogens with zero attached hydrogens (tertiary/aromatic N) is 1. The molecular weight excluding hydrogens is 583 g/mol. The number of hydrogen-bond acceptors (Lipinski definition) is 2. The maximum Gasteiger partial charge on any atom is 0.136 e. The van der Waals surface area contributed by atoms with E-state index in [4.69, 9.17) is 4.42 Å². The molecule has 0 aliphatic rings. The molecule has 1 heterocycles. The summed E-state index contributed by atoms with van der Waals surface area (Å²) in [6.45, 7) is 0. The van der Waals surface area contributed by atoms with Crippen molar-refractivity contribution in [2.45, 2.75) is 0 Å². The lowest BCUT2D eigenvalue weighted by molar-refractivity contribution is 0.669. The number of rotatable bonds is 4. The third kappa shape index (κ3) is 4.13. The molecule has 0 spiro atoms. The van der Waals surface area contributed by atoms with Gasteiger partial charge >= 0.3 is 0 Å². The zero-order chi connectivity index (χ0) is 31.6. The lowest BCUT2D eigenvalue weighted by Crippen LogP contribution is -2.10. The van der Waals surface area contributed by atoms with Gasteiger partial charge in [0.1, 0.15) is 11.2 Å². The van der Waals surface area contributed by atoms with Crippen LogP contribution in [0, 0.1) is 0 Å². The Labute approximate surface area is 277 Å². The van der Waals surface area contributed by atoms with Gasteiger partial charge in [0.05, 0.1) is 5.69 Å². The van der Waals surface area contributed by atoms with Crippen LogP contribution in [0.15, 0.2) is 180 Å². The Kier molecular flexibility index (Phi) is 5.91. The molecule has 0 aliphatic carbocycles. The molecule has 48 heavy (non-hydrogen) atoms. The van der Waals surface area contributed by atoms with E-state index in [0.717, 1.165) is 44.6 Å². The van der Waals surface area contributed by atoms with Gasteiger partial charge in [-0.3, -0.25) is 0 Å². The van der Waals surface area contributed by atoms with Gasteiger partial charge in [0.2, 0.25) is 0 Å². The lowest BCUT2D eigenvalue weighted by Gasteiger charge is -2.28. The number of anilines is 3. The average Bonchev–Trinajstić information content (AvgIpc) is 3.54. The number of furan rings is 1. The van der Waals surface area contributed by atoms with Crippen LogP contribution < -0.4 is 4.90 Å². The predicted octanol–water partition coefficient (Wildman–Crippen LogP) is 13.3. The molecule has 9 aromatic carbocycles. The summed E-state index contributed by atoms with van der Waals surface area (Å²) < 4.78 is 6.23. The molecule has 0 atom stereocenters. The van der Waals surface area contributed by atoms with E-state index in [9.17, 15) is 0 Å². The summed E-state index contributed by atoms with van der Waals surface area (Å²) in [5.41, 5.74) is 7.52. The fourth-order valence-electron chi connectivity index (χ4n) is 7.58. The normalized spacial score (nSPS) is 11.8. The molecule has 0 saturated carbocycles. The summed E-state index contributed by atoms with van der Waals surface area (Å²) in [5.74, 6) is 0. The topological polar surface area (TPSA) is 16.4 Å². The van der Waals surface area contributed by atoms with Crippen LogP contribution >= 0.6 is 0 Å². The first kappa shape index (κ1) is 26.8. The molecule has 0 bridgehead atoms. The quantitative estimate of drug-likeness (QED) is 0.184. The minimum atomic E-state index is 0.908. The second-order valence-corrected chi connectivity index (χ2v) is 12.5. The van der Waals surface area contributed by atoms with Crippen LogP contribution in [-0.4, -0.2) is 0 Å². The Bertz CT molecular complexity index is 2840. The Hall–Kier alpha value is -6.38. The number of fused-ring (bicyclic) bond motifs is 9. The van der Waals surface area contributed by atoms with Crippen molar-refractivity contribution < 1.29 is 4.42 Å². The molecule has 1 aromatic heterocycles. The zero-order valence-corrected chi connectivity index (χ0v) is 26.1. The third-order valence-corrected chi connectivity index (χ3v) is 9.81. The first-order chi connectivity index (χ1) is 23.8. The van der Waals surface area contributed by atoms with E-state index < -0.39 is 0 Å². The highest BCUT2D eigenvalue weighted by Gasteiger charge is 2.19. The summed E-state index contributed by atoms with van der Waals surface area (Å²) in [6.07, 6.45) is 0. The highest BCUT2D eigenvalue weighted by Crippen LogP contribution is 2.44. The lowest BCUT2D eigenvalue weighted by atomic mass is 9.97. The van der Waals surface area contributed by atoms with Crippen LogP contribution in [0.1, 0.15) is 0 Å². The average molecular weight is 612 g/mol. The zero-order valence-electron chi connectivity index (χ0n) is 26.1. The maximum atomic E-state index is 6.23. The molecule has 0 aliphatic heterocycles. The van der Waals surface area contributed by atoms with E-state index in [1.807, 2.05) is 12.1 Å². The van der Waals surface area contributed by atoms with Gasteiger partial charge in [-0.1, -0.05) is 133 Å². The largest absolute Gasteiger partial charge is 0.456 e. The van der Waals surface area contributed by atoms with Gasteiger partial charge in [-0.05, 0) is 91.3 Å². The summed E-state index contributed by atoms with van der Waals surface area (Å²) >= 11 is 0. The molecule has 0 amide bonds. The Balaban J connectivity index is 1.21. The van der Waals surface area contributed by atoms with E-state index in [2.05, 4.69) is 169 Å². The Morgan fingerprint density at radius 3 is 1.75 bits per heavy atom. The van der Waals surface area contributed by atoms with Crippen LogP contribution in [0.4, 0.5) is 17.1 Å². The molecule has 2 heteroatoms. The van der Waals surface area contributed by atoms with Crippen molar-refractivity contribution in [3.63, 3.8) is 0 Å².